The normalized spacial score (nSPS) is 17.9. The lowest BCUT2D eigenvalue weighted by molar-refractivity contribution is 0.591. The summed E-state index contributed by atoms with van der Waals surface area (Å²) >= 11 is 1.85. The molecule has 13 rings (SSSR count). The van der Waals surface area contributed by atoms with Crippen molar-refractivity contribution in [3.63, 3.8) is 0 Å². The molecule has 2 heterocycles. The van der Waals surface area contributed by atoms with E-state index in [1.165, 1.54) is 75.8 Å². The first kappa shape index (κ1) is 36.3. The monoisotopic (exact) mass is 823 g/mol. The molecule has 4 heteroatoms. The third-order valence-corrected chi connectivity index (χ3v) is 14.9. The summed E-state index contributed by atoms with van der Waals surface area (Å²) in [6.07, 6.45) is 5.40. The number of nitrogens with zero attached hydrogens (tertiary/aromatic N) is 2. The van der Waals surface area contributed by atoms with Crippen LogP contribution in [0.3, 0.4) is 0 Å². The van der Waals surface area contributed by atoms with Crippen LogP contribution >= 0.6 is 11.3 Å². The van der Waals surface area contributed by atoms with Crippen LogP contribution in [-0.4, -0.2) is 11.7 Å². The van der Waals surface area contributed by atoms with Crippen LogP contribution < -0.4 is 5.32 Å². The molecule has 0 saturated heterocycles. The van der Waals surface area contributed by atoms with Crippen molar-refractivity contribution in [1.29, 1.82) is 0 Å². The van der Waals surface area contributed by atoms with Crippen molar-refractivity contribution in [3.05, 3.63) is 245 Å². The van der Waals surface area contributed by atoms with Gasteiger partial charge in [-0.15, -0.1) is 11.3 Å². The number of allylic oxidation sites excluding steroid dienone is 4. The third-order valence-electron chi connectivity index (χ3n) is 13.8. The smallest absolute Gasteiger partial charge is 0.169 e. The van der Waals surface area contributed by atoms with Gasteiger partial charge < -0.3 is 5.32 Å². The van der Waals surface area contributed by atoms with Gasteiger partial charge in [0, 0.05) is 31.3 Å². The standard InChI is InChI=1S/C59H41N3S/c1-36-13-11-21-49-46-31-29-41(34-52(46)59(55(36)49)50-22-8-5-18-44(50)45-19-6-9-23-51(45)59)37-25-27-39(28-26-37)57-60-56(38-14-3-2-4-15-38)61-58(62-57)43-17-12-16-40(33-43)42-30-32-48-47-20-7-10-24-53(47)63-54(48)35-42/h2-12,14-36,57H,13H2,1H3,(H,60,61,62). The van der Waals surface area contributed by atoms with Crippen molar-refractivity contribution in [1.82, 2.24) is 5.32 Å². The second-order valence-electron chi connectivity index (χ2n) is 17.3. The van der Waals surface area contributed by atoms with Gasteiger partial charge in [0.1, 0.15) is 11.7 Å². The Hall–Kier alpha value is -7.40. The molecule has 0 saturated carbocycles. The van der Waals surface area contributed by atoms with Gasteiger partial charge in [0.25, 0.3) is 0 Å². The molecule has 3 aliphatic carbocycles. The van der Waals surface area contributed by atoms with E-state index >= 15 is 0 Å². The van der Waals surface area contributed by atoms with Crippen LogP contribution in [0.25, 0.3) is 59.1 Å². The molecule has 298 valence electrons. The number of thiophene rings is 1. The van der Waals surface area contributed by atoms with E-state index in [2.05, 4.69) is 206 Å². The third kappa shape index (κ3) is 5.51. The lowest BCUT2D eigenvalue weighted by Gasteiger charge is -2.36. The first-order valence-electron chi connectivity index (χ1n) is 22.0. The van der Waals surface area contributed by atoms with E-state index in [-0.39, 0.29) is 5.41 Å². The van der Waals surface area contributed by atoms with Crippen molar-refractivity contribution < 1.29 is 0 Å². The Morgan fingerprint density at radius 3 is 1.92 bits per heavy atom. The number of benzene rings is 8. The zero-order valence-electron chi connectivity index (χ0n) is 34.7. The van der Waals surface area contributed by atoms with Crippen LogP contribution in [-0.2, 0) is 5.41 Å². The molecule has 0 radical (unpaired) electrons. The molecule has 2 atom stereocenters. The molecule has 2 unspecified atom stereocenters. The number of hydrogen-bond donors (Lipinski definition) is 1. The van der Waals surface area contributed by atoms with Gasteiger partial charge in [-0.05, 0) is 109 Å². The average molecular weight is 824 g/mol. The highest BCUT2D eigenvalue weighted by molar-refractivity contribution is 7.25. The van der Waals surface area contributed by atoms with E-state index in [1.54, 1.807) is 5.57 Å². The highest BCUT2D eigenvalue weighted by Gasteiger charge is 2.54. The number of hydrogen-bond acceptors (Lipinski definition) is 4. The topological polar surface area (TPSA) is 36.8 Å². The maximum atomic E-state index is 5.31. The summed E-state index contributed by atoms with van der Waals surface area (Å²) in [6.45, 7) is 2.42. The molecule has 1 aliphatic heterocycles. The van der Waals surface area contributed by atoms with Crippen molar-refractivity contribution in [2.24, 2.45) is 15.9 Å². The van der Waals surface area contributed by atoms with E-state index in [0.717, 1.165) is 40.3 Å². The number of rotatable bonds is 5. The van der Waals surface area contributed by atoms with Gasteiger partial charge in [0.2, 0.25) is 0 Å². The van der Waals surface area contributed by atoms with Gasteiger partial charge in [0.15, 0.2) is 6.17 Å². The number of amidine groups is 2. The van der Waals surface area contributed by atoms with Gasteiger partial charge >= 0.3 is 0 Å². The van der Waals surface area contributed by atoms with E-state index in [9.17, 15) is 0 Å². The minimum Gasteiger partial charge on any atom is -0.324 e. The van der Waals surface area contributed by atoms with Gasteiger partial charge in [-0.25, -0.2) is 9.98 Å². The summed E-state index contributed by atoms with van der Waals surface area (Å²) in [5.74, 6) is 2.05. The molecule has 3 nitrogen and oxygen atoms in total. The summed E-state index contributed by atoms with van der Waals surface area (Å²) in [6, 6.07) is 68.9. The lowest BCUT2D eigenvalue weighted by Crippen LogP contribution is -2.36. The molecule has 0 bridgehead atoms. The number of aliphatic imine (C=N–C) groups is 2. The summed E-state index contributed by atoms with van der Waals surface area (Å²) in [4.78, 5) is 10.5. The van der Waals surface area contributed by atoms with E-state index in [4.69, 9.17) is 9.98 Å². The molecule has 0 fully saturated rings. The Balaban J connectivity index is 0.879. The molecule has 63 heavy (non-hydrogen) atoms. The fourth-order valence-corrected chi connectivity index (χ4v) is 12.1. The maximum absolute atomic E-state index is 5.31. The summed E-state index contributed by atoms with van der Waals surface area (Å²) in [5.41, 5.74) is 18.7. The maximum Gasteiger partial charge on any atom is 0.169 e. The summed E-state index contributed by atoms with van der Waals surface area (Å²) < 4.78 is 2.61. The van der Waals surface area contributed by atoms with Gasteiger partial charge in [0.05, 0.1) is 5.41 Å². The highest BCUT2D eigenvalue weighted by atomic mass is 32.1. The van der Waals surface area contributed by atoms with E-state index < -0.39 is 6.17 Å². The van der Waals surface area contributed by atoms with Crippen molar-refractivity contribution in [2.45, 2.75) is 24.9 Å². The van der Waals surface area contributed by atoms with Gasteiger partial charge in [-0.2, -0.15) is 0 Å². The molecular weight excluding hydrogens is 783 g/mol. The van der Waals surface area contributed by atoms with Crippen LogP contribution in [0.5, 0.6) is 0 Å². The SMILES string of the molecule is CC1CC=CC2=C1C1(c3cc(-c4ccc(C5N=C(c6ccccc6)NC(c6cccc(-c7ccc8c(c7)sc7ccccc78)c6)=N5)cc4)ccc32)c2ccccc2-c2ccccc21. The minimum absolute atomic E-state index is 0.316. The zero-order chi connectivity index (χ0) is 41.6. The molecule has 0 amide bonds. The Kier molecular flexibility index (Phi) is 8.10. The largest absolute Gasteiger partial charge is 0.324 e. The zero-order valence-corrected chi connectivity index (χ0v) is 35.5. The average Bonchev–Trinajstić information content (AvgIpc) is 3.98. The number of nitrogens with one attached hydrogen (secondary N) is 1. The fraction of sp³-hybridized carbons (Fsp3) is 0.0847. The first-order valence-corrected chi connectivity index (χ1v) is 22.8. The van der Waals surface area contributed by atoms with Gasteiger partial charge in [-0.3, -0.25) is 0 Å². The van der Waals surface area contributed by atoms with Crippen LogP contribution in [0.1, 0.15) is 58.5 Å². The second kappa shape index (κ2) is 14.1. The molecule has 9 aromatic rings. The summed E-state index contributed by atoms with van der Waals surface area (Å²) in [5, 5.41) is 6.25. The quantitative estimate of drug-likeness (QED) is 0.184. The van der Waals surface area contributed by atoms with Crippen molar-refractivity contribution >= 4 is 48.8 Å². The first-order chi connectivity index (χ1) is 31.1. The molecule has 1 aromatic heterocycles. The lowest BCUT2D eigenvalue weighted by atomic mass is 9.65. The van der Waals surface area contributed by atoms with Crippen molar-refractivity contribution in [3.8, 4) is 33.4 Å². The van der Waals surface area contributed by atoms with Gasteiger partial charge in [-0.1, -0.05) is 183 Å². The van der Waals surface area contributed by atoms with Crippen molar-refractivity contribution in [2.75, 3.05) is 0 Å². The second-order valence-corrected chi connectivity index (χ2v) is 18.4. The minimum atomic E-state index is -0.414. The Bertz CT molecular complexity index is 3430. The Morgan fingerprint density at radius 2 is 1.11 bits per heavy atom. The van der Waals surface area contributed by atoms with Crippen LogP contribution in [0.4, 0.5) is 0 Å². The summed E-state index contributed by atoms with van der Waals surface area (Å²) in [7, 11) is 0. The van der Waals surface area contributed by atoms with E-state index in [0.29, 0.717) is 5.92 Å². The van der Waals surface area contributed by atoms with Crippen LogP contribution in [0.2, 0.25) is 0 Å². The number of fused-ring (bicyclic) bond motifs is 12. The Labute approximate surface area is 371 Å². The molecule has 1 spiro atoms. The predicted molar refractivity (Wildman–Crippen MR) is 264 cm³/mol. The van der Waals surface area contributed by atoms with Crippen LogP contribution in [0, 0.1) is 5.92 Å². The molecule has 8 aromatic carbocycles. The Morgan fingerprint density at radius 1 is 0.492 bits per heavy atom. The fourth-order valence-electron chi connectivity index (χ4n) is 11.0. The van der Waals surface area contributed by atoms with Crippen LogP contribution in [0.15, 0.2) is 216 Å². The highest BCUT2D eigenvalue weighted by Crippen LogP contribution is 2.64. The van der Waals surface area contributed by atoms with E-state index in [1.807, 2.05) is 17.4 Å². The molecule has 1 N–H and O–H groups in total. The molecule has 4 aliphatic rings. The predicted octanol–water partition coefficient (Wildman–Crippen LogP) is 14.6. The molecular formula is C59H41N3S.